The van der Waals surface area contributed by atoms with E-state index < -0.39 is 17.8 Å². The number of nitrogens with one attached hydrogen (secondary N) is 2. The lowest BCUT2D eigenvalue weighted by Crippen LogP contribution is -2.30. The molecule has 3 rings (SSSR count). The summed E-state index contributed by atoms with van der Waals surface area (Å²) in [5.41, 5.74) is -1.19. The summed E-state index contributed by atoms with van der Waals surface area (Å²) in [4.78, 5) is 11.9. The van der Waals surface area contributed by atoms with Crippen LogP contribution in [0.5, 0.6) is 0 Å². The molecule has 6 nitrogen and oxygen atoms in total. The Morgan fingerprint density at radius 2 is 2.00 bits per heavy atom. The third-order valence-corrected chi connectivity index (χ3v) is 3.83. The average Bonchev–Trinajstić information content (AvgIpc) is 3.29. The molecule has 24 heavy (non-hydrogen) atoms. The molecule has 1 heterocycles. The van der Waals surface area contributed by atoms with E-state index in [0.717, 1.165) is 24.7 Å². The first-order valence-corrected chi connectivity index (χ1v) is 7.45. The molecule has 2 aromatic rings. The molecule has 0 unspecified atom stereocenters. The van der Waals surface area contributed by atoms with Crippen molar-refractivity contribution in [3.05, 3.63) is 41.5 Å². The summed E-state index contributed by atoms with van der Waals surface area (Å²) in [5.74, 6) is 1.84. The van der Waals surface area contributed by atoms with Crippen LogP contribution in [-0.2, 0) is 19.8 Å². The standard InChI is InChI=1S/C15H16F3N5O/c1-23-12(21-22-13(23)9-6-7-9)8-19-14(24)20-11-5-3-2-4-10(11)15(16,17)18/h2-5,9H,6-8H2,1H3,(H2,19,20,24). The maximum atomic E-state index is 12.9. The lowest BCUT2D eigenvalue weighted by atomic mass is 10.1. The van der Waals surface area contributed by atoms with Crippen LogP contribution in [0, 0.1) is 0 Å². The number of anilines is 1. The van der Waals surface area contributed by atoms with Crippen molar-refractivity contribution in [1.29, 1.82) is 0 Å². The maximum absolute atomic E-state index is 12.9. The molecule has 0 atom stereocenters. The van der Waals surface area contributed by atoms with Gasteiger partial charge in [0.2, 0.25) is 0 Å². The second-order valence-corrected chi connectivity index (χ2v) is 5.66. The Labute approximate surface area is 136 Å². The van der Waals surface area contributed by atoms with Crippen molar-refractivity contribution in [1.82, 2.24) is 20.1 Å². The predicted molar refractivity (Wildman–Crippen MR) is 80.3 cm³/mol. The summed E-state index contributed by atoms with van der Waals surface area (Å²) < 4.78 is 40.5. The fraction of sp³-hybridized carbons (Fsp3) is 0.400. The number of benzene rings is 1. The highest BCUT2D eigenvalue weighted by molar-refractivity contribution is 5.90. The van der Waals surface area contributed by atoms with Gasteiger partial charge < -0.3 is 15.2 Å². The number of para-hydroxylation sites is 1. The third-order valence-electron chi connectivity index (χ3n) is 3.83. The van der Waals surface area contributed by atoms with Crippen molar-refractivity contribution < 1.29 is 18.0 Å². The van der Waals surface area contributed by atoms with Crippen LogP contribution < -0.4 is 10.6 Å². The maximum Gasteiger partial charge on any atom is 0.418 e. The van der Waals surface area contributed by atoms with Crippen LogP contribution >= 0.6 is 0 Å². The van der Waals surface area contributed by atoms with E-state index in [-0.39, 0.29) is 12.2 Å². The van der Waals surface area contributed by atoms with E-state index >= 15 is 0 Å². The largest absolute Gasteiger partial charge is 0.418 e. The molecule has 1 aliphatic rings. The van der Waals surface area contributed by atoms with Crippen molar-refractivity contribution >= 4 is 11.7 Å². The fourth-order valence-electron chi connectivity index (χ4n) is 2.39. The van der Waals surface area contributed by atoms with Crippen LogP contribution in [0.25, 0.3) is 0 Å². The Bertz CT molecular complexity index is 752. The van der Waals surface area contributed by atoms with Gasteiger partial charge in [-0.1, -0.05) is 12.1 Å². The minimum atomic E-state index is -4.54. The highest BCUT2D eigenvalue weighted by atomic mass is 19.4. The molecule has 0 radical (unpaired) electrons. The number of amides is 2. The molecule has 1 aromatic carbocycles. The number of carbonyl (C=O) groups is 1. The second-order valence-electron chi connectivity index (χ2n) is 5.66. The van der Waals surface area contributed by atoms with Gasteiger partial charge in [0, 0.05) is 13.0 Å². The Morgan fingerprint density at radius 3 is 2.67 bits per heavy atom. The van der Waals surface area contributed by atoms with Crippen molar-refractivity contribution in [3.8, 4) is 0 Å². The molecule has 0 aliphatic heterocycles. The van der Waals surface area contributed by atoms with Gasteiger partial charge >= 0.3 is 12.2 Å². The molecule has 1 fully saturated rings. The third kappa shape index (κ3) is 3.50. The van der Waals surface area contributed by atoms with E-state index in [9.17, 15) is 18.0 Å². The lowest BCUT2D eigenvalue weighted by molar-refractivity contribution is -0.136. The minimum absolute atomic E-state index is 0.0796. The number of hydrogen-bond donors (Lipinski definition) is 2. The summed E-state index contributed by atoms with van der Waals surface area (Å²) in [5, 5.41) is 12.8. The van der Waals surface area contributed by atoms with E-state index in [1.165, 1.54) is 18.2 Å². The molecule has 0 bridgehead atoms. The monoisotopic (exact) mass is 339 g/mol. The van der Waals surface area contributed by atoms with Crippen LogP contribution in [-0.4, -0.2) is 20.8 Å². The van der Waals surface area contributed by atoms with E-state index in [1.807, 2.05) is 11.6 Å². The number of rotatable bonds is 4. The molecule has 1 aliphatic carbocycles. The zero-order chi connectivity index (χ0) is 17.3. The van der Waals surface area contributed by atoms with Crippen molar-refractivity contribution in [2.45, 2.75) is 31.5 Å². The lowest BCUT2D eigenvalue weighted by Gasteiger charge is -2.14. The number of carbonyl (C=O) groups excluding carboxylic acids is 1. The Hall–Kier alpha value is -2.58. The van der Waals surface area contributed by atoms with Gasteiger partial charge in [-0.2, -0.15) is 13.2 Å². The Morgan fingerprint density at radius 1 is 1.29 bits per heavy atom. The van der Waals surface area contributed by atoms with Crippen LogP contribution in [0.3, 0.4) is 0 Å². The van der Waals surface area contributed by atoms with Gasteiger partial charge in [-0.15, -0.1) is 10.2 Å². The van der Waals surface area contributed by atoms with E-state index in [4.69, 9.17) is 0 Å². The Kier molecular flexibility index (Phi) is 4.16. The zero-order valence-electron chi connectivity index (χ0n) is 12.9. The summed E-state index contributed by atoms with van der Waals surface area (Å²) in [6.45, 7) is 0.0796. The molecule has 1 saturated carbocycles. The molecule has 0 saturated heterocycles. The normalized spacial score (nSPS) is 14.5. The van der Waals surface area contributed by atoms with Crippen LogP contribution in [0.15, 0.2) is 24.3 Å². The first kappa shape index (κ1) is 16.3. The minimum Gasteiger partial charge on any atom is -0.331 e. The molecule has 2 amide bonds. The SMILES string of the molecule is Cn1c(CNC(=O)Nc2ccccc2C(F)(F)F)nnc1C1CC1. The predicted octanol–water partition coefficient (Wildman–Crippen LogP) is 3.03. The van der Waals surface area contributed by atoms with E-state index in [2.05, 4.69) is 20.8 Å². The fourth-order valence-corrected chi connectivity index (χ4v) is 2.39. The Balaban J connectivity index is 1.62. The summed E-state index contributed by atoms with van der Waals surface area (Å²) in [7, 11) is 1.81. The van der Waals surface area contributed by atoms with Gasteiger partial charge in [-0.05, 0) is 25.0 Å². The number of aromatic nitrogens is 3. The van der Waals surface area contributed by atoms with Crippen molar-refractivity contribution in [2.75, 3.05) is 5.32 Å². The molecular formula is C15H16F3N5O. The van der Waals surface area contributed by atoms with Gasteiger partial charge in [0.25, 0.3) is 0 Å². The molecule has 0 spiro atoms. The van der Waals surface area contributed by atoms with E-state index in [1.54, 1.807) is 0 Å². The van der Waals surface area contributed by atoms with Crippen LogP contribution in [0.4, 0.5) is 23.7 Å². The van der Waals surface area contributed by atoms with Gasteiger partial charge in [0.1, 0.15) is 5.82 Å². The molecule has 1 aromatic heterocycles. The van der Waals surface area contributed by atoms with Crippen molar-refractivity contribution in [3.63, 3.8) is 0 Å². The molecular weight excluding hydrogens is 323 g/mol. The van der Waals surface area contributed by atoms with Gasteiger partial charge in [-0.3, -0.25) is 0 Å². The van der Waals surface area contributed by atoms with E-state index in [0.29, 0.717) is 11.7 Å². The highest BCUT2D eigenvalue weighted by Crippen LogP contribution is 2.38. The molecule has 9 heteroatoms. The van der Waals surface area contributed by atoms with Crippen molar-refractivity contribution in [2.24, 2.45) is 7.05 Å². The smallest absolute Gasteiger partial charge is 0.331 e. The number of urea groups is 1. The summed E-state index contributed by atoms with van der Waals surface area (Å²) in [6.07, 6.45) is -2.38. The summed E-state index contributed by atoms with van der Waals surface area (Å²) in [6, 6.07) is 4.08. The van der Waals surface area contributed by atoms with Gasteiger partial charge in [0.15, 0.2) is 5.82 Å². The number of nitrogens with zero attached hydrogens (tertiary/aromatic N) is 3. The number of alkyl halides is 3. The number of hydrogen-bond acceptors (Lipinski definition) is 3. The topological polar surface area (TPSA) is 71.8 Å². The molecule has 128 valence electrons. The number of halogens is 3. The first-order valence-electron chi connectivity index (χ1n) is 7.45. The quantitative estimate of drug-likeness (QED) is 0.899. The van der Waals surface area contributed by atoms with Gasteiger partial charge in [0.05, 0.1) is 17.8 Å². The first-order chi connectivity index (χ1) is 11.4. The second kappa shape index (κ2) is 6.14. The van der Waals surface area contributed by atoms with Crippen LogP contribution in [0.2, 0.25) is 0 Å². The average molecular weight is 339 g/mol. The molecule has 2 N–H and O–H groups in total. The zero-order valence-corrected chi connectivity index (χ0v) is 12.9. The summed E-state index contributed by atoms with van der Waals surface area (Å²) >= 11 is 0. The highest BCUT2D eigenvalue weighted by Gasteiger charge is 2.33. The van der Waals surface area contributed by atoms with Gasteiger partial charge in [-0.25, -0.2) is 4.79 Å². The van der Waals surface area contributed by atoms with Crippen LogP contribution in [0.1, 0.15) is 36.0 Å².